The van der Waals surface area contributed by atoms with Crippen LogP contribution in [0.25, 0.3) is 0 Å². The molecule has 0 radical (unpaired) electrons. The Labute approximate surface area is 61.3 Å². The Kier molecular flexibility index (Phi) is 2.68. The van der Waals surface area contributed by atoms with Gasteiger partial charge >= 0.3 is 0 Å². The fraction of sp³-hybridized carbons (Fsp3) is 0.857. The summed E-state index contributed by atoms with van der Waals surface area (Å²) in [6.07, 6.45) is 4.01. The van der Waals surface area contributed by atoms with Crippen molar-refractivity contribution in [3.05, 3.63) is 0 Å². The molecule has 1 fully saturated rings. The van der Waals surface area contributed by atoms with E-state index in [0.29, 0.717) is 5.92 Å². The first-order valence-electron chi connectivity index (χ1n) is 3.69. The zero-order valence-corrected chi connectivity index (χ0v) is 6.32. The molecule has 0 aromatic carbocycles. The van der Waals surface area contributed by atoms with Crippen LogP contribution in [0.1, 0.15) is 12.8 Å². The first-order valence-corrected chi connectivity index (χ1v) is 3.69. The Morgan fingerprint density at radius 1 is 1.70 bits per heavy atom. The van der Waals surface area contributed by atoms with E-state index in [1.807, 2.05) is 0 Å². The second-order valence-corrected chi connectivity index (χ2v) is 2.93. The first-order chi connectivity index (χ1) is 4.83. The second-order valence-electron chi connectivity index (χ2n) is 2.93. The van der Waals surface area contributed by atoms with Gasteiger partial charge in [0.2, 0.25) is 0 Å². The Balaban J connectivity index is 2.32. The summed E-state index contributed by atoms with van der Waals surface area (Å²) in [4.78, 5) is 2.26. The number of rotatable bonds is 1. The van der Waals surface area contributed by atoms with Gasteiger partial charge in [-0.1, -0.05) is 0 Å². The molecule has 1 unspecified atom stereocenters. The predicted octanol–water partition coefficient (Wildman–Crippen LogP) is 0.788. The quantitative estimate of drug-likeness (QED) is 0.334. The average Bonchev–Trinajstić information content (AvgIpc) is 1.88. The summed E-state index contributed by atoms with van der Waals surface area (Å²) >= 11 is 0. The smallest absolute Gasteiger partial charge is 0.0479 e. The number of likely N-dealkylation sites (tertiary alicyclic amines) is 1. The molecule has 1 aliphatic rings. The van der Waals surface area contributed by atoms with E-state index in [4.69, 9.17) is 5.21 Å². The topological polar surface area (TPSA) is 35.8 Å². The van der Waals surface area contributed by atoms with Crippen LogP contribution < -0.4 is 0 Å². The predicted molar refractivity (Wildman–Crippen MR) is 40.5 cm³/mol. The van der Waals surface area contributed by atoms with Crippen molar-refractivity contribution in [1.82, 2.24) is 4.90 Å². The van der Waals surface area contributed by atoms with Crippen LogP contribution in [-0.2, 0) is 0 Å². The molecule has 0 amide bonds. The van der Waals surface area contributed by atoms with Crippen LogP contribution in [0.3, 0.4) is 0 Å². The molecular weight excluding hydrogens is 128 g/mol. The van der Waals surface area contributed by atoms with Crippen molar-refractivity contribution in [2.75, 3.05) is 20.1 Å². The van der Waals surface area contributed by atoms with Crippen LogP contribution in [0, 0.1) is 5.92 Å². The SMILES string of the molecule is CN1CCCC(/C=N/O)C1. The third-order valence-corrected chi connectivity index (χ3v) is 1.94. The Bertz CT molecular complexity index is 125. The van der Waals surface area contributed by atoms with Gasteiger partial charge in [-0.15, -0.1) is 5.16 Å². The molecule has 1 N–H and O–H groups in total. The van der Waals surface area contributed by atoms with Gasteiger partial charge in [0.15, 0.2) is 0 Å². The van der Waals surface area contributed by atoms with Crippen molar-refractivity contribution >= 4 is 6.21 Å². The van der Waals surface area contributed by atoms with Crippen LogP contribution in [0.15, 0.2) is 5.16 Å². The van der Waals surface area contributed by atoms with Gasteiger partial charge in [0.25, 0.3) is 0 Å². The average molecular weight is 142 g/mol. The maximum Gasteiger partial charge on any atom is 0.0479 e. The van der Waals surface area contributed by atoms with Gasteiger partial charge in [-0.25, -0.2) is 0 Å². The molecule has 58 valence electrons. The molecule has 1 saturated heterocycles. The summed E-state index contributed by atoms with van der Waals surface area (Å²) in [7, 11) is 2.09. The third kappa shape index (κ3) is 1.99. The molecule has 3 heteroatoms. The molecule has 1 atom stereocenters. The van der Waals surface area contributed by atoms with E-state index < -0.39 is 0 Å². The molecular formula is C7H14N2O. The van der Waals surface area contributed by atoms with Crippen molar-refractivity contribution in [3.8, 4) is 0 Å². The van der Waals surface area contributed by atoms with Crippen LogP contribution in [0.4, 0.5) is 0 Å². The Morgan fingerprint density at radius 2 is 2.50 bits per heavy atom. The normalized spacial score (nSPS) is 29.5. The molecule has 0 bridgehead atoms. The first kappa shape index (κ1) is 7.54. The van der Waals surface area contributed by atoms with Crippen molar-refractivity contribution in [3.63, 3.8) is 0 Å². The number of hydrogen-bond donors (Lipinski definition) is 1. The summed E-state index contributed by atoms with van der Waals surface area (Å²) in [6, 6.07) is 0. The minimum Gasteiger partial charge on any atom is -0.411 e. The summed E-state index contributed by atoms with van der Waals surface area (Å²) < 4.78 is 0. The Hall–Kier alpha value is -0.570. The number of oxime groups is 1. The maximum atomic E-state index is 8.26. The van der Waals surface area contributed by atoms with Crippen LogP contribution in [-0.4, -0.2) is 36.5 Å². The fourth-order valence-electron chi connectivity index (χ4n) is 1.42. The maximum absolute atomic E-state index is 8.26. The molecule has 1 aliphatic heterocycles. The molecule has 10 heavy (non-hydrogen) atoms. The van der Waals surface area contributed by atoms with Gasteiger partial charge < -0.3 is 10.1 Å². The van der Waals surface area contributed by atoms with E-state index >= 15 is 0 Å². The summed E-state index contributed by atoms with van der Waals surface area (Å²) in [5.41, 5.74) is 0. The molecule has 0 aliphatic carbocycles. The summed E-state index contributed by atoms with van der Waals surface area (Å²) in [5, 5.41) is 11.3. The van der Waals surface area contributed by atoms with Crippen molar-refractivity contribution in [2.45, 2.75) is 12.8 Å². The summed E-state index contributed by atoms with van der Waals surface area (Å²) in [5.74, 6) is 0.462. The standard InChI is InChI=1S/C7H14N2O/c1-9-4-2-3-7(6-9)5-8-10/h5,7,10H,2-4,6H2,1H3/b8-5+. The third-order valence-electron chi connectivity index (χ3n) is 1.94. The van der Waals surface area contributed by atoms with Gasteiger partial charge in [0, 0.05) is 18.7 Å². The van der Waals surface area contributed by atoms with Gasteiger partial charge in [0.1, 0.15) is 0 Å². The molecule has 1 heterocycles. The van der Waals surface area contributed by atoms with E-state index in [1.165, 1.54) is 13.0 Å². The highest BCUT2D eigenvalue weighted by Crippen LogP contribution is 2.12. The lowest BCUT2D eigenvalue weighted by atomic mass is 10.0. The minimum absolute atomic E-state index is 0.462. The molecule has 0 saturated carbocycles. The van der Waals surface area contributed by atoms with E-state index in [9.17, 15) is 0 Å². The van der Waals surface area contributed by atoms with E-state index in [-0.39, 0.29) is 0 Å². The summed E-state index contributed by atoms with van der Waals surface area (Å²) in [6.45, 7) is 2.21. The van der Waals surface area contributed by atoms with Crippen molar-refractivity contribution < 1.29 is 5.21 Å². The number of nitrogens with zero attached hydrogens (tertiary/aromatic N) is 2. The molecule has 1 rings (SSSR count). The zero-order valence-electron chi connectivity index (χ0n) is 6.32. The van der Waals surface area contributed by atoms with Gasteiger partial charge in [-0.2, -0.15) is 0 Å². The fourth-order valence-corrected chi connectivity index (χ4v) is 1.42. The number of hydrogen-bond acceptors (Lipinski definition) is 3. The molecule has 0 spiro atoms. The van der Waals surface area contributed by atoms with Gasteiger partial charge in [-0.05, 0) is 26.4 Å². The zero-order chi connectivity index (χ0) is 7.40. The van der Waals surface area contributed by atoms with Crippen molar-refractivity contribution in [1.29, 1.82) is 0 Å². The lowest BCUT2D eigenvalue weighted by Gasteiger charge is -2.26. The molecule has 3 nitrogen and oxygen atoms in total. The highest BCUT2D eigenvalue weighted by molar-refractivity contribution is 5.60. The lowest BCUT2D eigenvalue weighted by Crippen LogP contribution is -2.32. The molecule has 0 aromatic rings. The van der Waals surface area contributed by atoms with Crippen LogP contribution in [0.5, 0.6) is 0 Å². The number of piperidine rings is 1. The van der Waals surface area contributed by atoms with E-state index in [2.05, 4.69) is 17.1 Å². The largest absolute Gasteiger partial charge is 0.411 e. The van der Waals surface area contributed by atoms with Crippen molar-refractivity contribution in [2.24, 2.45) is 11.1 Å². The monoisotopic (exact) mass is 142 g/mol. The lowest BCUT2D eigenvalue weighted by molar-refractivity contribution is 0.243. The van der Waals surface area contributed by atoms with Crippen LogP contribution >= 0.6 is 0 Å². The second kappa shape index (κ2) is 3.56. The Morgan fingerprint density at radius 3 is 3.10 bits per heavy atom. The van der Waals surface area contributed by atoms with Crippen LogP contribution in [0.2, 0.25) is 0 Å². The highest BCUT2D eigenvalue weighted by Gasteiger charge is 2.14. The molecule has 0 aromatic heterocycles. The van der Waals surface area contributed by atoms with E-state index in [1.54, 1.807) is 6.21 Å². The minimum atomic E-state index is 0.462. The highest BCUT2D eigenvalue weighted by atomic mass is 16.4. The van der Waals surface area contributed by atoms with Gasteiger partial charge in [0.05, 0.1) is 0 Å². The van der Waals surface area contributed by atoms with E-state index in [0.717, 1.165) is 13.0 Å². The van der Waals surface area contributed by atoms with Gasteiger partial charge in [-0.3, -0.25) is 0 Å².